The Morgan fingerprint density at radius 3 is 2.31 bits per heavy atom. The molecule has 32 heavy (non-hydrogen) atoms. The van der Waals surface area contributed by atoms with Crippen LogP contribution in [0.5, 0.6) is 5.75 Å². The van der Waals surface area contributed by atoms with Crippen LogP contribution in [0.3, 0.4) is 0 Å². The SMILES string of the molecule is COc1ccc2c(c1)cc(C(=O)NS(=O)(=O)Cc1ccc(C(F)(F)F)cc1)n2CC(=O)O. The largest absolute Gasteiger partial charge is 0.497 e. The quantitative estimate of drug-likeness (QED) is 0.549. The smallest absolute Gasteiger partial charge is 0.416 e. The van der Waals surface area contributed by atoms with Crippen molar-refractivity contribution in [2.45, 2.75) is 18.5 Å². The molecule has 0 atom stereocenters. The molecule has 2 N–H and O–H groups in total. The highest BCUT2D eigenvalue weighted by Gasteiger charge is 2.30. The van der Waals surface area contributed by atoms with Crippen molar-refractivity contribution < 1.29 is 41.0 Å². The molecule has 1 heterocycles. The molecule has 8 nitrogen and oxygen atoms in total. The van der Waals surface area contributed by atoms with E-state index in [9.17, 15) is 36.3 Å². The number of nitrogens with zero attached hydrogens (tertiary/aromatic N) is 1. The van der Waals surface area contributed by atoms with Crippen molar-refractivity contribution in [1.29, 1.82) is 0 Å². The number of methoxy groups -OCH3 is 1. The summed E-state index contributed by atoms with van der Waals surface area (Å²) in [6.45, 7) is -0.600. The number of fused-ring (bicyclic) bond motifs is 1. The predicted molar refractivity (Wildman–Crippen MR) is 108 cm³/mol. The fraction of sp³-hybridized carbons (Fsp3) is 0.200. The van der Waals surface area contributed by atoms with E-state index >= 15 is 0 Å². The van der Waals surface area contributed by atoms with Crippen LogP contribution in [0.4, 0.5) is 13.2 Å². The zero-order chi connectivity index (χ0) is 23.7. The molecule has 0 fully saturated rings. The molecular formula is C20H17F3N2O6S. The highest BCUT2D eigenvalue weighted by atomic mass is 32.2. The topological polar surface area (TPSA) is 115 Å². The Balaban J connectivity index is 1.87. The maximum atomic E-state index is 12.7. The summed E-state index contributed by atoms with van der Waals surface area (Å²) in [6.07, 6.45) is -4.56. The van der Waals surface area contributed by atoms with Crippen LogP contribution in [0.2, 0.25) is 0 Å². The van der Waals surface area contributed by atoms with E-state index in [0.29, 0.717) is 16.7 Å². The highest BCUT2D eigenvalue weighted by molar-refractivity contribution is 7.89. The van der Waals surface area contributed by atoms with E-state index in [1.807, 2.05) is 4.72 Å². The minimum atomic E-state index is -4.56. The summed E-state index contributed by atoms with van der Waals surface area (Å²) in [7, 11) is -2.86. The number of sulfonamides is 1. The third-order valence-electron chi connectivity index (χ3n) is 4.52. The second-order valence-electron chi connectivity index (χ2n) is 6.82. The lowest BCUT2D eigenvalue weighted by Crippen LogP contribution is -2.33. The third-order valence-corrected chi connectivity index (χ3v) is 5.73. The van der Waals surface area contributed by atoms with Crippen LogP contribution >= 0.6 is 0 Å². The second kappa shape index (κ2) is 8.54. The van der Waals surface area contributed by atoms with E-state index in [-0.39, 0.29) is 11.3 Å². The molecule has 1 aromatic heterocycles. The van der Waals surface area contributed by atoms with Crippen molar-refractivity contribution in [1.82, 2.24) is 9.29 Å². The Labute approximate surface area is 180 Å². The van der Waals surface area contributed by atoms with E-state index in [2.05, 4.69) is 0 Å². The van der Waals surface area contributed by atoms with E-state index in [1.54, 1.807) is 12.1 Å². The molecule has 0 aliphatic heterocycles. The van der Waals surface area contributed by atoms with Gasteiger partial charge in [-0.25, -0.2) is 13.1 Å². The van der Waals surface area contributed by atoms with Crippen molar-refractivity contribution in [2.24, 2.45) is 0 Å². The first-order chi connectivity index (χ1) is 14.9. The number of alkyl halides is 3. The maximum absolute atomic E-state index is 12.7. The summed E-state index contributed by atoms with van der Waals surface area (Å²) < 4.78 is 70.9. The fourth-order valence-electron chi connectivity index (χ4n) is 3.11. The molecule has 1 amide bonds. The summed E-state index contributed by atoms with van der Waals surface area (Å²) in [5, 5.41) is 9.64. The van der Waals surface area contributed by atoms with Gasteiger partial charge in [0, 0.05) is 10.9 Å². The molecule has 0 spiro atoms. The zero-order valence-corrected chi connectivity index (χ0v) is 17.3. The van der Waals surface area contributed by atoms with Gasteiger partial charge in [-0.1, -0.05) is 12.1 Å². The number of carbonyl (C=O) groups is 2. The van der Waals surface area contributed by atoms with Crippen LogP contribution < -0.4 is 9.46 Å². The Kier molecular flexibility index (Phi) is 6.17. The van der Waals surface area contributed by atoms with Crippen molar-refractivity contribution in [2.75, 3.05) is 7.11 Å². The molecule has 0 bridgehead atoms. The Hall–Kier alpha value is -3.54. The zero-order valence-electron chi connectivity index (χ0n) is 16.5. The number of hydrogen-bond donors (Lipinski definition) is 2. The Morgan fingerprint density at radius 2 is 1.75 bits per heavy atom. The molecule has 0 unspecified atom stereocenters. The standard InChI is InChI=1S/C20H17F3N2O6S/c1-31-15-6-7-16-13(8-15)9-17(25(16)10-18(26)27)19(28)24-32(29,30)11-12-2-4-14(5-3-12)20(21,22)23/h2-9H,10-11H2,1H3,(H,24,28)(H,26,27). The number of benzene rings is 2. The van der Waals surface area contributed by atoms with E-state index in [1.165, 1.54) is 19.2 Å². The van der Waals surface area contributed by atoms with Gasteiger partial charge in [0.2, 0.25) is 10.0 Å². The van der Waals surface area contributed by atoms with Crippen LogP contribution in [-0.2, 0) is 33.3 Å². The molecule has 12 heteroatoms. The molecule has 2 aromatic carbocycles. The first-order valence-electron chi connectivity index (χ1n) is 8.99. The number of nitrogens with one attached hydrogen (secondary N) is 1. The predicted octanol–water partition coefficient (Wildman–Crippen LogP) is 3.01. The normalized spacial score (nSPS) is 12.0. The van der Waals surface area contributed by atoms with Crippen molar-refractivity contribution in [3.8, 4) is 5.75 Å². The lowest BCUT2D eigenvalue weighted by atomic mass is 10.1. The number of ether oxygens (including phenoxy) is 1. The molecule has 0 saturated carbocycles. The Morgan fingerprint density at radius 1 is 1.09 bits per heavy atom. The average Bonchev–Trinajstić information content (AvgIpc) is 3.04. The van der Waals surface area contributed by atoms with E-state index in [4.69, 9.17) is 4.74 Å². The minimum Gasteiger partial charge on any atom is -0.497 e. The number of aromatic nitrogens is 1. The van der Waals surface area contributed by atoms with Gasteiger partial charge in [0.05, 0.1) is 18.4 Å². The van der Waals surface area contributed by atoms with Crippen LogP contribution in [0.1, 0.15) is 21.6 Å². The summed E-state index contributed by atoms with van der Waals surface area (Å²) in [6, 6.07) is 9.45. The summed E-state index contributed by atoms with van der Waals surface area (Å²) in [5.74, 6) is -2.62. The van der Waals surface area contributed by atoms with Crippen LogP contribution in [0.15, 0.2) is 48.5 Å². The van der Waals surface area contributed by atoms with Gasteiger partial charge in [0.25, 0.3) is 5.91 Å². The highest BCUT2D eigenvalue weighted by Crippen LogP contribution is 2.29. The summed E-state index contributed by atoms with van der Waals surface area (Å²) in [4.78, 5) is 23.9. The first kappa shape index (κ1) is 23.1. The minimum absolute atomic E-state index is 0.0362. The van der Waals surface area contributed by atoms with Crippen molar-refractivity contribution >= 4 is 32.8 Å². The summed E-state index contributed by atoms with van der Waals surface area (Å²) >= 11 is 0. The number of carbonyl (C=O) groups excluding carboxylic acids is 1. The van der Waals surface area contributed by atoms with Crippen molar-refractivity contribution in [3.05, 3.63) is 65.4 Å². The van der Waals surface area contributed by atoms with Crippen LogP contribution in [-0.4, -0.2) is 37.1 Å². The monoisotopic (exact) mass is 470 g/mol. The third kappa shape index (κ3) is 5.19. The number of halogens is 3. The average molecular weight is 470 g/mol. The van der Waals surface area contributed by atoms with Crippen LogP contribution in [0, 0.1) is 0 Å². The Bertz CT molecular complexity index is 1280. The van der Waals surface area contributed by atoms with Gasteiger partial charge in [-0.05, 0) is 42.0 Å². The van der Waals surface area contributed by atoms with Gasteiger partial charge in [0.15, 0.2) is 0 Å². The number of carboxylic acid groups (broad SMARTS) is 1. The molecule has 170 valence electrons. The first-order valence-corrected chi connectivity index (χ1v) is 10.6. The molecule has 0 radical (unpaired) electrons. The molecular weight excluding hydrogens is 453 g/mol. The molecule has 0 aliphatic carbocycles. The van der Waals surface area contributed by atoms with Crippen LogP contribution in [0.25, 0.3) is 10.9 Å². The molecule has 3 aromatic rings. The van der Waals surface area contributed by atoms with Gasteiger partial charge >= 0.3 is 12.1 Å². The van der Waals surface area contributed by atoms with Gasteiger partial charge in [-0.15, -0.1) is 0 Å². The van der Waals surface area contributed by atoms with E-state index in [0.717, 1.165) is 28.8 Å². The van der Waals surface area contributed by atoms with Gasteiger partial charge in [-0.3, -0.25) is 9.59 Å². The number of amides is 1. The van der Waals surface area contributed by atoms with Gasteiger partial charge in [0.1, 0.15) is 18.0 Å². The molecule has 0 saturated heterocycles. The fourth-order valence-corrected chi connectivity index (χ4v) is 4.20. The van der Waals surface area contributed by atoms with Gasteiger partial charge < -0.3 is 14.4 Å². The lowest BCUT2D eigenvalue weighted by Gasteiger charge is -2.11. The number of carboxylic acids is 1. The maximum Gasteiger partial charge on any atom is 0.416 e. The number of aliphatic carboxylic acids is 1. The number of hydrogen-bond acceptors (Lipinski definition) is 5. The lowest BCUT2D eigenvalue weighted by molar-refractivity contribution is -0.138. The molecule has 3 rings (SSSR count). The van der Waals surface area contributed by atoms with E-state index < -0.39 is 45.9 Å². The molecule has 0 aliphatic rings. The summed E-state index contributed by atoms with van der Waals surface area (Å²) in [5.41, 5.74) is -0.740. The second-order valence-corrected chi connectivity index (χ2v) is 8.54. The van der Waals surface area contributed by atoms with Gasteiger partial charge in [-0.2, -0.15) is 13.2 Å². The van der Waals surface area contributed by atoms with Crippen molar-refractivity contribution in [3.63, 3.8) is 0 Å². The number of rotatable bonds is 7.